The lowest BCUT2D eigenvalue weighted by molar-refractivity contribution is -0.385. The molecule has 0 bridgehead atoms. The number of nitro groups is 1. The number of hydrazone groups is 1. The second-order valence-electron chi connectivity index (χ2n) is 5.23. The average Bonchev–Trinajstić information content (AvgIpc) is 2.61. The number of rotatable bonds is 4. The second-order valence-corrected chi connectivity index (χ2v) is 5.23. The largest absolute Gasteiger partial charge is 0.507 e. The van der Waals surface area contributed by atoms with E-state index in [1.807, 2.05) is 24.3 Å². The highest BCUT2D eigenvalue weighted by molar-refractivity contribution is 6.01. The van der Waals surface area contributed by atoms with Crippen LogP contribution in [-0.4, -0.2) is 22.2 Å². The Labute approximate surface area is 142 Å². The Hall–Kier alpha value is -3.74. The quantitative estimate of drug-likeness (QED) is 0.434. The van der Waals surface area contributed by atoms with E-state index in [4.69, 9.17) is 0 Å². The van der Waals surface area contributed by atoms with E-state index >= 15 is 0 Å². The van der Waals surface area contributed by atoms with Gasteiger partial charge in [-0.3, -0.25) is 14.9 Å². The van der Waals surface area contributed by atoms with E-state index in [1.54, 1.807) is 18.2 Å². The molecule has 3 aromatic carbocycles. The number of phenols is 1. The van der Waals surface area contributed by atoms with Crippen molar-refractivity contribution in [2.45, 2.75) is 0 Å². The van der Waals surface area contributed by atoms with E-state index in [2.05, 4.69) is 10.5 Å². The number of hydrogen-bond acceptors (Lipinski definition) is 5. The molecule has 0 heterocycles. The third kappa shape index (κ3) is 3.45. The Morgan fingerprint density at radius 2 is 1.72 bits per heavy atom. The molecule has 0 saturated carbocycles. The number of amides is 1. The summed E-state index contributed by atoms with van der Waals surface area (Å²) >= 11 is 0. The van der Waals surface area contributed by atoms with Crippen LogP contribution in [0.5, 0.6) is 5.75 Å². The van der Waals surface area contributed by atoms with E-state index in [9.17, 15) is 20.0 Å². The number of benzene rings is 3. The first-order valence-corrected chi connectivity index (χ1v) is 7.35. The molecule has 7 nitrogen and oxygen atoms in total. The van der Waals surface area contributed by atoms with Gasteiger partial charge in [-0.1, -0.05) is 36.4 Å². The van der Waals surface area contributed by atoms with Crippen molar-refractivity contribution >= 4 is 28.6 Å². The topological polar surface area (TPSA) is 105 Å². The summed E-state index contributed by atoms with van der Waals surface area (Å²) in [5.74, 6) is -0.782. The van der Waals surface area contributed by atoms with Gasteiger partial charge in [-0.25, -0.2) is 5.43 Å². The van der Waals surface area contributed by atoms with Gasteiger partial charge in [0.05, 0.1) is 22.3 Å². The number of nitro benzene ring substituents is 1. The third-order valence-corrected chi connectivity index (χ3v) is 3.61. The lowest BCUT2D eigenvalue weighted by Gasteiger charge is -2.05. The number of aromatic hydroxyl groups is 1. The van der Waals surface area contributed by atoms with Crippen LogP contribution in [0.25, 0.3) is 10.8 Å². The van der Waals surface area contributed by atoms with Gasteiger partial charge in [0.2, 0.25) is 0 Å². The second kappa shape index (κ2) is 6.79. The van der Waals surface area contributed by atoms with Gasteiger partial charge in [-0.05, 0) is 29.0 Å². The summed E-state index contributed by atoms with van der Waals surface area (Å²) in [6, 6.07) is 16.4. The summed E-state index contributed by atoms with van der Waals surface area (Å²) in [6.45, 7) is 0. The van der Waals surface area contributed by atoms with Gasteiger partial charge in [0.1, 0.15) is 5.75 Å². The highest BCUT2D eigenvalue weighted by atomic mass is 16.6. The molecule has 0 saturated heterocycles. The molecule has 1 amide bonds. The van der Waals surface area contributed by atoms with Crippen LogP contribution in [0.15, 0.2) is 65.8 Å². The number of carbonyl (C=O) groups is 1. The molecule has 0 atom stereocenters. The molecule has 124 valence electrons. The summed E-state index contributed by atoms with van der Waals surface area (Å²) in [7, 11) is 0. The Morgan fingerprint density at radius 3 is 2.44 bits per heavy atom. The summed E-state index contributed by atoms with van der Waals surface area (Å²) in [6.07, 6.45) is 1.19. The minimum absolute atomic E-state index is 0.0680. The van der Waals surface area contributed by atoms with Crippen molar-refractivity contribution in [1.29, 1.82) is 0 Å². The fourth-order valence-corrected chi connectivity index (χ4v) is 2.39. The summed E-state index contributed by atoms with van der Waals surface area (Å²) in [4.78, 5) is 22.6. The first-order chi connectivity index (χ1) is 12.1. The molecule has 0 aliphatic heterocycles. The highest BCUT2D eigenvalue weighted by Crippen LogP contribution is 2.24. The van der Waals surface area contributed by atoms with Crippen LogP contribution < -0.4 is 5.43 Å². The molecule has 0 radical (unpaired) electrons. The third-order valence-electron chi connectivity index (χ3n) is 3.61. The lowest BCUT2D eigenvalue weighted by Crippen LogP contribution is -2.17. The predicted molar refractivity (Wildman–Crippen MR) is 93.8 cm³/mol. The van der Waals surface area contributed by atoms with Gasteiger partial charge in [-0.2, -0.15) is 5.10 Å². The maximum Gasteiger partial charge on any atom is 0.278 e. The van der Waals surface area contributed by atoms with Crippen molar-refractivity contribution in [1.82, 2.24) is 5.43 Å². The summed E-state index contributed by atoms with van der Waals surface area (Å²) in [5, 5.41) is 26.3. The zero-order chi connectivity index (χ0) is 17.8. The van der Waals surface area contributed by atoms with Crippen molar-refractivity contribution in [3.05, 3.63) is 81.9 Å². The molecule has 0 aliphatic rings. The number of hydrogen-bond donors (Lipinski definition) is 2. The normalized spacial score (nSPS) is 10.9. The van der Waals surface area contributed by atoms with Crippen LogP contribution in [0.4, 0.5) is 5.69 Å². The van der Waals surface area contributed by atoms with E-state index in [0.717, 1.165) is 10.8 Å². The molecule has 25 heavy (non-hydrogen) atoms. The molecule has 0 spiro atoms. The maximum absolute atomic E-state index is 12.2. The molecule has 7 heteroatoms. The van der Waals surface area contributed by atoms with Crippen LogP contribution in [0, 0.1) is 10.1 Å². The fraction of sp³-hybridized carbons (Fsp3) is 0. The van der Waals surface area contributed by atoms with Crippen LogP contribution in [-0.2, 0) is 0 Å². The van der Waals surface area contributed by atoms with Crippen molar-refractivity contribution in [3.8, 4) is 5.75 Å². The number of para-hydroxylation sites is 1. The first-order valence-electron chi connectivity index (χ1n) is 7.35. The van der Waals surface area contributed by atoms with Crippen LogP contribution in [0.1, 0.15) is 15.9 Å². The fourth-order valence-electron chi connectivity index (χ4n) is 2.39. The summed E-state index contributed by atoms with van der Waals surface area (Å²) in [5.41, 5.74) is 2.48. The molecular weight excluding hydrogens is 322 g/mol. The van der Waals surface area contributed by atoms with Crippen molar-refractivity contribution in [2.24, 2.45) is 5.10 Å². The van der Waals surface area contributed by atoms with Gasteiger partial charge in [0, 0.05) is 6.07 Å². The van der Waals surface area contributed by atoms with Crippen LogP contribution in [0.2, 0.25) is 0 Å². The first kappa shape index (κ1) is 16.1. The Bertz CT molecular complexity index is 999. The highest BCUT2D eigenvalue weighted by Gasteiger charge is 2.13. The average molecular weight is 335 g/mol. The molecule has 0 aliphatic carbocycles. The molecule has 0 unspecified atom stereocenters. The lowest BCUT2D eigenvalue weighted by atomic mass is 10.1. The van der Waals surface area contributed by atoms with Crippen LogP contribution >= 0.6 is 0 Å². The zero-order valence-corrected chi connectivity index (χ0v) is 12.9. The Balaban J connectivity index is 1.81. The number of nitrogens with one attached hydrogen (secondary N) is 1. The monoisotopic (exact) mass is 335 g/mol. The smallest absolute Gasteiger partial charge is 0.278 e. The minimum atomic E-state index is -0.613. The van der Waals surface area contributed by atoms with Gasteiger partial charge in [-0.15, -0.1) is 0 Å². The molecule has 3 rings (SSSR count). The Kier molecular flexibility index (Phi) is 4.38. The van der Waals surface area contributed by atoms with E-state index in [-0.39, 0.29) is 22.6 Å². The van der Waals surface area contributed by atoms with Crippen molar-refractivity contribution in [3.63, 3.8) is 0 Å². The zero-order valence-electron chi connectivity index (χ0n) is 12.9. The van der Waals surface area contributed by atoms with Gasteiger partial charge < -0.3 is 5.11 Å². The maximum atomic E-state index is 12.2. The number of fused-ring (bicyclic) bond motifs is 1. The predicted octanol–water partition coefficient (Wildman–Crippen LogP) is 3.22. The minimum Gasteiger partial charge on any atom is -0.507 e. The number of phenolic OH excluding ortho intramolecular Hbond substituents is 1. The number of nitrogens with zero attached hydrogens (tertiary/aromatic N) is 2. The van der Waals surface area contributed by atoms with Gasteiger partial charge in [0.15, 0.2) is 0 Å². The Morgan fingerprint density at radius 1 is 1.08 bits per heavy atom. The SMILES string of the molecule is O=C(N/N=C/c1ccccc1[N+](=O)[O-])c1cc2ccccc2cc1O. The molecule has 3 aromatic rings. The molecular formula is C18H13N3O4. The van der Waals surface area contributed by atoms with E-state index in [1.165, 1.54) is 24.4 Å². The van der Waals surface area contributed by atoms with Gasteiger partial charge >= 0.3 is 0 Å². The summed E-state index contributed by atoms with van der Waals surface area (Å²) < 4.78 is 0. The van der Waals surface area contributed by atoms with Gasteiger partial charge in [0.25, 0.3) is 11.6 Å². The molecule has 2 N–H and O–H groups in total. The van der Waals surface area contributed by atoms with Crippen LogP contribution in [0.3, 0.4) is 0 Å². The number of carbonyl (C=O) groups excluding carboxylic acids is 1. The van der Waals surface area contributed by atoms with Crippen molar-refractivity contribution in [2.75, 3.05) is 0 Å². The molecule has 0 fully saturated rings. The standard InChI is InChI=1S/C18H13N3O4/c22-17-10-13-6-2-1-5-12(13)9-15(17)18(23)20-19-11-14-7-3-4-8-16(14)21(24)25/h1-11,22H,(H,20,23)/b19-11+. The van der Waals surface area contributed by atoms with E-state index in [0.29, 0.717) is 0 Å². The van der Waals surface area contributed by atoms with E-state index < -0.39 is 10.8 Å². The molecule has 0 aromatic heterocycles. The van der Waals surface area contributed by atoms with Crippen molar-refractivity contribution < 1.29 is 14.8 Å².